The van der Waals surface area contributed by atoms with Crippen molar-refractivity contribution in [1.82, 2.24) is 14.5 Å². The molecule has 0 fully saturated rings. The van der Waals surface area contributed by atoms with Gasteiger partial charge in [0.1, 0.15) is 0 Å². The van der Waals surface area contributed by atoms with E-state index in [4.69, 9.17) is 10.5 Å². The van der Waals surface area contributed by atoms with Gasteiger partial charge in [-0.3, -0.25) is 4.68 Å². The third kappa shape index (κ3) is 3.53. The number of anilines is 1. The maximum Gasteiger partial charge on any atom is 0.240 e. The van der Waals surface area contributed by atoms with Gasteiger partial charge in [-0.15, -0.1) is 0 Å². The number of nitrogen functional groups attached to an aromatic ring is 1. The van der Waals surface area contributed by atoms with Crippen LogP contribution in [0, 0.1) is 0 Å². The van der Waals surface area contributed by atoms with Crippen molar-refractivity contribution in [2.24, 2.45) is 0 Å². The molecule has 2 rings (SSSR count). The lowest BCUT2D eigenvalue weighted by Gasteiger charge is -2.09. The van der Waals surface area contributed by atoms with E-state index < -0.39 is 10.0 Å². The molecule has 1 aromatic heterocycles. The lowest BCUT2D eigenvalue weighted by Crippen LogP contribution is -2.18. The Hall–Kier alpha value is -2.06. The van der Waals surface area contributed by atoms with Crippen LogP contribution in [0.1, 0.15) is 13.3 Å². The minimum absolute atomic E-state index is 0.0927. The highest BCUT2D eigenvalue weighted by Crippen LogP contribution is 2.29. The predicted molar refractivity (Wildman–Crippen MR) is 79.7 cm³/mol. The summed E-state index contributed by atoms with van der Waals surface area (Å²) >= 11 is 0. The average Bonchev–Trinajstić information content (AvgIpc) is 2.89. The molecule has 0 atom stereocenters. The summed E-state index contributed by atoms with van der Waals surface area (Å²) in [6.45, 7) is 2.83. The molecule has 0 aliphatic rings. The highest BCUT2D eigenvalue weighted by molar-refractivity contribution is 7.89. The second-order valence-electron chi connectivity index (χ2n) is 4.45. The van der Waals surface area contributed by atoms with Crippen molar-refractivity contribution >= 4 is 15.7 Å². The SMILES string of the molecule is CCCn1cc(Oc2cc(S(=O)(=O)NC)ccc2N)cn1. The van der Waals surface area contributed by atoms with Crippen LogP contribution >= 0.6 is 0 Å². The number of aromatic nitrogens is 2. The lowest BCUT2D eigenvalue weighted by molar-refractivity contribution is 0.481. The van der Waals surface area contributed by atoms with Crippen LogP contribution in [-0.2, 0) is 16.6 Å². The summed E-state index contributed by atoms with van der Waals surface area (Å²) in [6.07, 6.45) is 4.26. The monoisotopic (exact) mass is 310 g/mol. The Morgan fingerprint density at radius 2 is 2.19 bits per heavy atom. The number of rotatable bonds is 6. The Bertz CT molecular complexity index is 725. The second-order valence-corrected chi connectivity index (χ2v) is 6.33. The van der Waals surface area contributed by atoms with Gasteiger partial charge in [0.05, 0.1) is 23.0 Å². The zero-order chi connectivity index (χ0) is 15.5. The average molecular weight is 310 g/mol. The maximum absolute atomic E-state index is 11.8. The van der Waals surface area contributed by atoms with E-state index >= 15 is 0 Å². The van der Waals surface area contributed by atoms with Gasteiger partial charge in [-0.1, -0.05) is 6.92 Å². The van der Waals surface area contributed by atoms with E-state index in [9.17, 15) is 8.42 Å². The molecule has 0 saturated heterocycles. The summed E-state index contributed by atoms with van der Waals surface area (Å²) in [6, 6.07) is 4.31. The molecule has 7 nitrogen and oxygen atoms in total. The number of benzene rings is 1. The smallest absolute Gasteiger partial charge is 0.240 e. The predicted octanol–water partition coefficient (Wildman–Crippen LogP) is 1.58. The van der Waals surface area contributed by atoms with Gasteiger partial charge in [-0.2, -0.15) is 5.10 Å². The van der Waals surface area contributed by atoms with Gasteiger partial charge in [0, 0.05) is 12.6 Å². The van der Waals surface area contributed by atoms with Crippen molar-refractivity contribution in [3.8, 4) is 11.5 Å². The Labute approximate surface area is 123 Å². The molecule has 0 unspecified atom stereocenters. The first kappa shape index (κ1) is 15.3. The first-order chi connectivity index (χ1) is 9.96. The van der Waals surface area contributed by atoms with Crippen LogP contribution in [0.4, 0.5) is 5.69 Å². The third-order valence-electron chi connectivity index (χ3n) is 2.85. The molecule has 21 heavy (non-hydrogen) atoms. The van der Waals surface area contributed by atoms with Gasteiger partial charge in [0.15, 0.2) is 11.5 Å². The van der Waals surface area contributed by atoms with Crippen molar-refractivity contribution in [2.45, 2.75) is 24.8 Å². The fraction of sp³-hybridized carbons (Fsp3) is 0.308. The second kappa shape index (κ2) is 6.15. The van der Waals surface area contributed by atoms with Crippen LogP contribution in [-0.4, -0.2) is 25.2 Å². The van der Waals surface area contributed by atoms with E-state index in [1.165, 1.54) is 25.2 Å². The van der Waals surface area contributed by atoms with E-state index in [-0.39, 0.29) is 10.6 Å². The number of hydrogen-bond acceptors (Lipinski definition) is 5. The van der Waals surface area contributed by atoms with Crippen LogP contribution in [0.2, 0.25) is 0 Å². The molecular weight excluding hydrogens is 292 g/mol. The molecule has 2 aromatic rings. The number of nitrogens with zero attached hydrogens (tertiary/aromatic N) is 2. The largest absolute Gasteiger partial charge is 0.452 e. The van der Waals surface area contributed by atoms with Gasteiger partial charge in [0.2, 0.25) is 10.0 Å². The molecule has 0 radical (unpaired) electrons. The molecule has 0 saturated carbocycles. The molecule has 0 bridgehead atoms. The Morgan fingerprint density at radius 3 is 2.86 bits per heavy atom. The zero-order valence-corrected chi connectivity index (χ0v) is 12.7. The number of aryl methyl sites for hydroxylation is 1. The molecule has 0 aliphatic heterocycles. The third-order valence-corrected chi connectivity index (χ3v) is 4.27. The highest BCUT2D eigenvalue weighted by Gasteiger charge is 2.14. The summed E-state index contributed by atoms with van der Waals surface area (Å²) in [7, 11) is -2.19. The number of ether oxygens (including phenoxy) is 1. The van der Waals surface area contributed by atoms with E-state index in [1.807, 2.05) is 6.92 Å². The molecule has 114 valence electrons. The van der Waals surface area contributed by atoms with E-state index in [1.54, 1.807) is 17.1 Å². The Balaban J connectivity index is 2.28. The number of nitrogens with two attached hydrogens (primary N) is 1. The molecule has 0 aliphatic carbocycles. The molecule has 1 heterocycles. The summed E-state index contributed by atoms with van der Waals surface area (Å²) in [5.74, 6) is 0.788. The van der Waals surface area contributed by atoms with Gasteiger partial charge in [-0.25, -0.2) is 13.1 Å². The van der Waals surface area contributed by atoms with Crippen molar-refractivity contribution in [2.75, 3.05) is 12.8 Å². The van der Waals surface area contributed by atoms with Crippen molar-refractivity contribution in [3.63, 3.8) is 0 Å². The van der Waals surface area contributed by atoms with Gasteiger partial charge in [0.25, 0.3) is 0 Å². The number of sulfonamides is 1. The lowest BCUT2D eigenvalue weighted by atomic mass is 10.3. The molecule has 0 amide bonds. The van der Waals surface area contributed by atoms with Crippen LogP contribution in [0.15, 0.2) is 35.5 Å². The fourth-order valence-electron chi connectivity index (χ4n) is 1.76. The van der Waals surface area contributed by atoms with Crippen molar-refractivity contribution < 1.29 is 13.2 Å². The topological polar surface area (TPSA) is 99.2 Å². The Kier molecular flexibility index (Phi) is 4.49. The molecule has 3 N–H and O–H groups in total. The molecular formula is C13H18N4O3S. The van der Waals surface area contributed by atoms with E-state index in [0.29, 0.717) is 11.4 Å². The zero-order valence-electron chi connectivity index (χ0n) is 11.9. The summed E-state index contributed by atoms with van der Waals surface area (Å²) in [4.78, 5) is 0.0927. The van der Waals surface area contributed by atoms with Crippen LogP contribution in [0.25, 0.3) is 0 Å². The van der Waals surface area contributed by atoms with Gasteiger partial charge < -0.3 is 10.5 Å². The number of hydrogen-bond donors (Lipinski definition) is 2. The first-order valence-electron chi connectivity index (χ1n) is 6.49. The highest BCUT2D eigenvalue weighted by atomic mass is 32.2. The van der Waals surface area contributed by atoms with E-state index in [2.05, 4.69) is 9.82 Å². The fourth-order valence-corrected chi connectivity index (χ4v) is 2.51. The summed E-state index contributed by atoms with van der Waals surface area (Å²) < 4.78 is 33.2. The quantitative estimate of drug-likeness (QED) is 0.789. The van der Waals surface area contributed by atoms with E-state index in [0.717, 1.165) is 13.0 Å². The van der Waals surface area contributed by atoms with Gasteiger partial charge >= 0.3 is 0 Å². The molecule has 8 heteroatoms. The number of nitrogens with one attached hydrogen (secondary N) is 1. The van der Waals surface area contributed by atoms with Crippen molar-refractivity contribution in [3.05, 3.63) is 30.6 Å². The summed E-state index contributed by atoms with van der Waals surface area (Å²) in [5.41, 5.74) is 6.17. The van der Waals surface area contributed by atoms with Crippen LogP contribution in [0.5, 0.6) is 11.5 Å². The minimum atomic E-state index is -3.54. The standard InChI is InChI=1S/C13H18N4O3S/c1-3-6-17-9-10(8-16-17)20-13-7-11(4-5-12(13)14)21(18,19)15-2/h4-5,7-9,15H,3,6,14H2,1-2H3. The van der Waals surface area contributed by atoms with Crippen LogP contribution in [0.3, 0.4) is 0 Å². The van der Waals surface area contributed by atoms with Crippen LogP contribution < -0.4 is 15.2 Å². The Morgan fingerprint density at radius 1 is 1.43 bits per heavy atom. The summed E-state index contributed by atoms with van der Waals surface area (Å²) in [5, 5.41) is 4.14. The molecule has 0 spiro atoms. The van der Waals surface area contributed by atoms with Gasteiger partial charge in [-0.05, 0) is 25.6 Å². The normalized spacial score (nSPS) is 11.5. The maximum atomic E-state index is 11.8. The minimum Gasteiger partial charge on any atom is -0.452 e. The first-order valence-corrected chi connectivity index (χ1v) is 7.98. The molecule has 1 aromatic carbocycles. The van der Waals surface area contributed by atoms with Crippen molar-refractivity contribution in [1.29, 1.82) is 0 Å².